The van der Waals surface area contributed by atoms with Gasteiger partial charge in [0, 0.05) is 6.54 Å². The summed E-state index contributed by atoms with van der Waals surface area (Å²) in [4.78, 5) is 12.3. The van der Waals surface area contributed by atoms with E-state index in [1.54, 1.807) is 0 Å². The van der Waals surface area contributed by atoms with E-state index in [1.165, 1.54) is 0 Å². The van der Waals surface area contributed by atoms with Crippen LogP contribution >= 0.6 is 0 Å². The van der Waals surface area contributed by atoms with Crippen molar-refractivity contribution < 1.29 is 4.79 Å². The van der Waals surface area contributed by atoms with Crippen molar-refractivity contribution in [1.29, 1.82) is 0 Å². The predicted octanol–water partition coefficient (Wildman–Crippen LogP) is -0.872. The molecule has 1 atom stereocenters. The third-order valence-corrected chi connectivity index (χ3v) is 3.64. The first kappa shape index (κ1) is 22.3. The molecule has 0 aromatic carbocycles. The first-order valence-electron chi connectivity index (χ1n) is 9.02. The first-order chi connectivity index (χ1) is 11.3. The number of hydrogen-bond acceptors (Lipinski definition) is 6. The molecule has 7 nitrogen and oxygen atoms in total. The van der Waals surface area contributed by atoms with Crippen LogP contribution < -0.4 is 32.7 Å². The van der Waals surface area contributed by atoms with Crippen molar-refractivity contribution in [2.45, 2.75) is 44.6 Å². The van der Waals surface area contributed by atoms with Gasteiger partial charge >= 0.3 is 0 Å². The highest BCUT2D eigenvalue weighted by atomic mass is 16.2. The summed E-state index contributed by atoms with van der Waals surface area (Å²) < 4.78 is 0. The van der Waals surface area contributed by atoms with Crippen LogP contribution in [0.4, 0.5) is 0 Å². The Kier molecular flexibility index (Phi) is 17.1. The van der Waals surface area contributed by atoms with Crippen molar-refractivity contribution in [1.82, 2.24) is 21.3 Å². The second kappa shape index (κ2) is 17.6. The lowest BCUT2D eigenvalue weighted by Crippen LogP contribution is -2.45. The Morgan fingerprint density at radius 3 is 2.22 bits per heavy atom. The number of nitrogens with two attached hydrogens (primary N) is 2. The lowest BCUT2D eigenvalue weighted by atomic mass is 10.1. The normalized spacial score (nSPS) is 12.3. The third-order valence-electron chi connectivity index (χ3n) is 3.64. The van der Waals surface area contributed by atoms with E-state index in [2.05, 4.69) is 21.3 Å². The minimum absolute atomic E-state index is 0.105. The van der Waals surface area contributed by atoms with E-state index < -0.39 is 0 Å². The molecule has 0 heterocycles. The van der Waals surface area contributed by atoms with Gasteiger partial charge in [-0.1, -0.05) is 0 Å². The van der Waals surface area contributed by atoms with Gasteiger partial charge in [-0.05, 0) is 84.8 Å². The van der Waals surface area contributed by atoms with Gasteiger partial charge in [0.15, 0.2) is 0 Å². The summed E-state index contributed by atoms with van der Waals surface area (Å²) in [6, 6.07) is -0.123. The molecule has 0 bridgehead atoms. The molecule has 0 aliphatic rings. The van der Waals surface area contributed by atoms with E-state index in [4.69, 9.17) is 11.5 Å². The van der Waals surface area contributed by atoms with Gasteiger partial charge in [-0.15, -0.1) is 0 Å². The minimum Gasteiger partial charge on any atom is -0.355 e. The molecule has 0 spiro atoms. The summed E-state index contributed by atoms with van der Waals surface area (Å²) in [7, 11) is 1.94. The van der Waals surface area contributed by atoms with Crippen LogP contribution in [0.5, 0.6) is 0 Å². The molecule has 0 saturated carbocycles. The highest BCUT2D eigenvalue weighted by Gasteiger charge is 2.16. The number of amides is 1. The van der Waals surface area contributed by atoms with Crippen LogP contribution in [-0.2, 0) is 4.79 Å². The molecule has 1 amide bonds. The van der Waals surface area contributed by atoms with Crippen LogP contribution in [0.25, 0.3) is 0 Å². The van der Waals surface area contributed by atoms with Gasteiger partial charge in [-0.25, -0.2) is 0 Å². The van der Waals surface area contributed by atoms with Crippen molar-refractivity contribution in [2.24, 2.45) is 11.5 Å². The number of carbonyl (C=O) groups excluding carboxylic acids is 1. The summed E-state index contributed by atoms with van der Waals surface area (Å²) >= 11 is 0. The van der Waals surface area contributed by atoms with Gasteiger partial charge in [0.2, 0.25) is 5.91 Å². The van der Waals surface area contributed by atoms with E-state index in [0.29, 0.717) is 13.1 Å². The summed E-state index contributed by atoms with van der Waals surface area (Å²) in [5.74, 6) is 0.105. The summed E-state index contributed by atoms with van der Waals surface area (Å²) in [5.41, 5.74) is 11.0. The fraction of sp³-hybridized carbons (Fsp3) is 0.938. The Morgan fingerprint density at radius 2 is 1.52 bits per heavy atom. The van der Waals surface area contributed by atoms with Crippen LogP contribution in [0.2, 0.25) is 0 Å². The summed E-state index contributed by atoms with van der Waals surface area (Å²) in [6.07, 6.45) is 5.77. The number of hydrogen-bond donors (Lipinski definition) is 6. The van der Waals surface area contributed by atoms with Crippen molar-refractivity contribution in [3.05, 3.63) is 0 Å². The van der Waals surface area contributed by atoms with Crippen molar-refractivity contribution in [3.63, 3.8) is 0 Å². The number of rotatable bonds is 17. The van der Waals surface area contributed by atoms with Crippen molar-refractivity contribution in [3.8, 4) is 0 Å². The fourth-order valence-electron chi connectivity index (χ4n) is 2.25. The molecule has 138 valence electrons. The van der Waals surface area contributed by atoms with Crippen LogP contribution in [0.15, 0.2) is 0 Å². The van der Waals surface area contributed by atoms with E-state index in [1.807, 2.05) is 7.05 Å². The van der Waals surface area contributed by atoms with Gasteiger partial charge in [-0.3, -0.25) is 4.79 Å². The van der Waals surface area contributed by atoms with Gasteiger partial charge in [0.1, 0.15) is 0 Å². The van der Waals surface area contributed by atoms with E-state index >= 15 is 0 Å². The largest absolute Gasteiger partial charge is 0.355 e. The molecule has 0 aromatic heterocycles. The fourth-order valence-corrected chi connectivity index (χ4v) is 2.25. The van der Waals surface area contributed by atoms with Crippen molar-refractivity contribution >= 4 is 5.91 Å². The monoisotopic (exact) mass is 330 g/mol. The Labute approximate surface area is 141 Å². The second-order valence-corrected chi connectivity index (χ2v) is 5.79. The Hall–Kier alpha value is -0.730. The third kappa shape index (κ3) is 14.6. The molecule has 0 radical (unpaired) electrons. The molecule has 7 heteroatoms. The molecule has 0 fully saturated rings. The topological polar surface area (TPSA) is 117 Å². The zero-order valence-electron chi connectivity index (χ0n) is 14.8. The van der Waals surface area contributed by atoms with Gasteiger partial charge < -0.3 is 32.7 Å². The molecule has 0 rings (SSSR count). The number of unbranched alkanes of at least 4 members (excludes halogenated alkanes) is 1. The van der Waals surface area contributed by atoms with Crippen LogP contribution in [0, 0.1) is 0 Å². The Balaban J connectivity index is 3.93. The van der Waals surface area contributed by atoms with Crippen molar-refractivity contribution in [2.75, 3.05) is 52.9 Å². The molecule has 0 aromatic rings. The van der Waals surface area contributed by atoms with Gasteiger partial charge in [0.05, 0.1) is 6.04 Å². The highest BCUT2D eigenvalue weighted by molar-refractivity contribution is 5.81. The Morgan fingerprint density at radius 1 is 0.870 bits per heavy atom. The maximum absolute atomic E-state index is 12.3. The molecule has 0 saturated heterocycles. The molecule has 23 heavy (non-hydrogen) atoms. The lowest BCUT2D eigenvalue weighted by molar-refractivity contribution is -0.123. The molecule has 0 aliphatic carbocycles. The predicted molar refractivity (Wildman–Crippen MR) is 97.4 cm³/mol. The standard InChI is InChI=1S/C16H38N6O/c1-19-10-2-3-13-22-16(23)15(21-14-6-9-18)7-4-11-20-12-5-8-17/h15,19-21H,2-14,17-18H2,1H3,(H,22,23). The molecule has 1 unspecified atom stereocenters. The number of nitrogens with one attached hydrogen (secondary N) is 4. The molecule has 8 N–H and O–H groups in total. The first-order valence-corrected chi connectivity index (χ1v) is 9.02. The average Bonchev–Trinajstić information content (AvgIpc) is 2.56. The second-order valence-electron chi connectivity index (χ2n) is 5.79. The van der Waals surface area contributed by atoms with E-state index in [0.717, 1.165) is 71.2 Å². The zero-order chi connectivity index (χ0) is 17.2. The highest BCUT2D eigenvalue weighted by Crippen LogP contribution is 1.98. The molecular formula is C16H38N6O. The summed E-state index contributed by atoms with van der Waals surface area (Å²) in [6.45, 7) is 5.74. The van der Waals surface area contributed by atoms with Crippen LogP contribution in [0.1, 0.15) is 38.5 Å². The maximum Gasteiger partial charge on any atom is 0.237 e. The van der Waals surface area contributed by atoms with E-state index in [9.17, 15) is 4.79 Å². The summed E-state index contributed by atoms with van der Waals surface area (Å²) in [5, 5.41) is 12.8. The maximum atomic E-state index is 12.3. The van der Waals surface area contributed by atoms with Crippen LogP contribution in [-0.4, -0.2) is 64.8 Å². The molecular weight excluding hydrogens is 292 g/mol. The zero-order valence-corrected chi connectivity index (χ0v) is 14.8. The lowest BCUT2D eigenvalue weighted by Gasteiger charge is -2.18. The average molecular weight is 331 g/mol. The van der Waals surface area contributed by atoms with E-state index in [-0.39, 0.29) is 11.9 Å². The van der Waals surface area contributed by atoms with Crippen LogP contribution in [0.3, 0.4) is 0 Å². The number of carbonyl (C=O) groups is 1. The smallest absolute Gasteiger partial charge is 0.237 e. The SMILES string of the molecule is CNCCCCNC(=O)C(CCCNCCCN)NCCCN. The minimum atomic E-state index is -0.123. The molecule has 0 aliphatic heterocycles. The quantitative estimate of drug-likeness (QED) is 0.193. The van der Waals surface area contributed by atoms with Gasteiger partial charge in [-0.2, -0.15) is 0 Å². The van der Waals surface area contributed by atoms with Gasteiger partial charge in [0.25, 0.3) is 0 Å². The Bertz CT molecular complexity index is 265.